The molecule has 118 heavy (non-hydrogen) atoms. The van der Waals surface area contributed by atoms with Gasteiger partial charge in [-0.25, -0.2) is 14.4 Å². The Morgan fingerprint density at radius 1 is 0.644 bits per heavy atom. The lowest BCUT2D eigenvalue weighted by molar-refractivity contribution is -0.277. The summed E-state index contributed by atoms with van der Waals surface area (Å²) >= 11 is 14.4. The van der Waals surface area contributed by atoms with Crippen molar-refractivity contribution in [1.82, 2.24) is 30.7 Å². The minimum Gasteiger partial charge on any atom is -0.465 e. The van der Waals surface area contributed by atoms with Crippen molar-refractivity contribution in [2.24, 2.45) is 11.7 Å². The molecule has 638 valence electrons. The van der Waals surface area contributed by atoms with E-state index in [9.17, 15) is 69.0 Å². The Hall–Kier alpha value is -9.70. The molecule has 1 fully saturated rings. The van der Waals surface area contributed by atoms with E-state index in [1.165, 1.54) is 48.2 Å². The van der Waals surface area contributed by atoms with Gasteiger partial charge in [-0.1, -0.05) is 74.5 Å². The minimum atomic E-state index is -1.80. The van der Waals surface area contributed by atoms with E-state index in [1.54, 1.807) is 86.6 Å². The Morgan fingerprint density at radius 2 is 1.16 bits per heavy atom. The molecule has 0 radical (unpaired) electrons. The van der Waals surface area contributed by atoms with Gasteiger partial charge in [0.05, 0.1) is 120 Å². The van der Waals surface area contributed by atoms with E-state index in [1.807, 2.05) is 12.1 Å². The van der Waals surface area contributed by atoms with E-state index in [2.05, 4.69) is 21.3 Å². The number of nitrogens with one attached hydrogen (secondary N) is 4. The molecule has 34 nitrogen and oxygen atoms in total. The Balaban J connectivity index is 0.785. The molecule has 4 aliphatic rings. The number of thiophene rings is 1. The Kier molecular flexibility index (Phi) is 32.9. The highest BCUT2D eigenvalue weighted by molar-refractivity contribution is 7.16. The van der Waals surface area contributed by atoms with Crippen LogP contribution in [-0.2, 0) is 69.1 Å². The average Bonchev–Trinajstić information content (AvgIpc) is 1.46. The van der Waals surface area contributed by atoms with Gasteiger partial charge in [0.1, 0.15) is 42.2 Å². The summed E-state index contributed by atoms with van der Waals surface area (Å²) < 4.78 is 45.0. The second kappa shape index (κ2) is 42.8. The van der Waals surface area contributed by atoms with Gasteiger partial charge in [-0.05, 0) is 87.5 Å². The van der Waals surface area contributed by atoms with Crippen LogP contribution in [0.1, 0.15) is 86.5 Å². The maximum Gasteiger partial charge on any atom is 0.407 e. The van der Waals surface area contributed by atoms with Crippen molar-refractivity contribution in [3.05, 3.63) is 141 Å². The van der Waals surface area contributed by atoms with Gasteiger partial charge in [0.25, 0.3) is 23.6 Å². The number of likely N-dealkylation sites (N-methyl/N-ethyl adjacent to an activating group) is 2. The van der Waals surface area contributed by atoms with Gasteiger partial charge in [0, 0.05) is 105 Å². The van der Waals surface area contributed by atoms with Crippen molar-refractivity contribution < 1.29 is 116 Å². The first-order valence-electron chi connectivity index (χ1n) is 38.6. The predicted molar refractivity (Wildman–Crippen MR) is 435 cm³/mol. The summed E-state index contributed by atoms with van der Waals surface area (Å²) in [7, 11) is 2.62. The van der Waals surface area contributed by atoms with E-state index in [0.29, 0.717) is 95.9 Å². The van der Waals surface area contributed by atoms with E-state index >= 15 is 9.59 Å². The largest absolute Gasteiger partial charge is 0.465 e. The first-order chi connectivity index (χ1) is 56.7. The standard InChI is InChI=1S/C81H100Cl2N10O24S/c1-47(2)69(88-64(95)23-26-110-28-30-112-32-34-114-36-37-115-35-33-113-31-29-111-27-25-91-65(96)21-22-66(91)97)74(102)87-57(14-9-24-85-78(84)105)73(101)86-51-17-15-48(16-18-51)40-81(90(4)80(108)109,46-89(3)79(106)107)56-38-58-67(54-12-7-5-10-52(54)56)49(41-82)43-92(58)75(103)62-19-20-63(118-62)76(104)93-44-50(42-83)68-55-13-8-6-11-53(55)60(39-59(68)93)116-77-72(100)71(99)70(98)61(45-94)117-77/h5-8,10-13,15-22,38-39,47,49-50,57,61,69-72,77,94,98-100H,9,14,23-37,40-46H2,1-4H3,(H,86,101)(H,87,102)(H,88,95)(H,106,107)(H,108,109)(H3,84,85,105)/t49?,50-,57+,61+,69+,70-,71+,72+,77-,81-/m1/s1. The highest BCUT2D eigenvalue weighted by atomic mass is 35.5. The highest BCUT2D eigenvalue weighted by Gasteiger charge is 2.48. The number of carbonyl (C=O) groups excluding carboxylic acids is 8. The van der Waals surface area contributed by atoms with Gasteiger partial charge in [-0.3, -0.25) is 43.4 Å². The number of benzene rings is 5. The van der Waals surface area contributed by atoms with Crippen molar-refractivity contribution in [3.63, 3.8) is 0 Å². The smallest absolute Gasteiger partial charge is 0.407 e. The van der Waals surface area contributed by atoms with Gasteiger partial charge in [-0.15, -0.1) is 34.5 Å². The number of halogens is 2. The van der Waals surface area contributed by atoms with Gasteiger partial charge in [-0.2, -0.15) is 0 Å². The van der Waals surface area contributed by atoms with Crippen LogP contribution in [0.25, 0.3) is 21.5 Å². The molecule has 6 aromatic rings. The van der Waals surface area contributed by atoms with Crippen molar-refractivity contribution in [3.8, 4) is 5.75 Å². The lowest BCUT2D eigenvalue weighted by Gasteiger charge is -2.44. The number of alkyl halides is 2. The van der Waals surface area contributed by atoms with Crippen LogP contribution in [0, 0.1) is 5.92 Å². The number of amides is 11. The molecule has 10 atom stereocenters. The SMILES string of the molecule is CC(C)[C@H](NC(=O)CCOCCOCCOCCOCCOCCOCCN1C(=O)C=CC1=O)C(=O)N[C@@H](CCCNC(N)=O)C(=O)Nc1ccc(C[C@@](CN(C)C(=O)O)(c2cc3c(c4ccccc24)C(CCl)CN3C(=O)c2ccc(C(=O)N3C[C@@H](CCl)c4c3cc(O[C@@H]3O[C@@H](CO)[C@@H](O)[C@H](O)[C@@H]3O)c3ccccc43)s2)N(C)C(=O)O)cc1. The molecule has 0 spiro atoms. The maximum absolute atomic E-state index is 15.4. The zero-order chi connectivity index (χ0) is 84.9. The summed E-state index contributed by atoms with van der Waals surface area (Å²) in [5.74, 6) is -4.63. The highest BCUT2D eigenvalue weighted by Crippen LogP contribution is 2.50. The number of urea groups is 1. The summed E-state index contributed by atoms with van der Waals surface area (Å²) in [6.45, 7) is 5.83. The van der Waals surface area contributed by atoms with Crippen molar-refractivity contribution in [2.75, 3.05) is 160 Å². The third-order valence-electron chi connectivity index (χ3n) is 20.8. The second-order valence-electron chi connectivity index (χ2n) is 29.0. The number of nitrogens with zero attached hydrogens (tertiary/aromatic N) is 5. The number of imide groups is 1. The normalized spacial score (nSPS) is 19.2. The first kappa shape index (κ1) is 90.6. The second-order valence-corrected chi connectivity index (χ2v) is 30.7. The molecule has 0 saturated carbocycles. The topological polar surface area (TPSA) is 456 Å². The molecule has 10 rings (SSSR count). The fourth-order valence-corrected chi connectivity index (χ4v) is 16.1. The fraction of sp³-hybridized carbons (Fsp3) is 0.481. The molecule has 0 aliphatic carbocycles. The molecule has 5 heterocycles. The third kappa shape index (κ3) is 22.2. The maximum atomic E-state index is 15.4. The van der Waals surface area contributed by atoms with Crippen LogP contribution < -0.4 is 41.5 Å². The van der Waals surface area contributed by atoms with Crippen LogP contribution in [0.15, 0.2) is 109 Å². The number of hydrogen-bond acceptors (Lipinski definition) is 23. The van der Waals surface area contributed by atoms with Gasteiger partial charge < -0.3 is 110 Å². The number of aliphatic hydroxyl groups excluding tert-OH is 4. The minimum absolute atomic E-state index is 0.00163. The molecule has 1 unspecified atom stereocenters. The van der Waals surface area contributed by atoms with Crippen LogP contribution in [0.2, 0.25) is 0 Å². The summed E-state index contributed by atoms with van der Waals surface area (Å²) in [6, 6.07) is 23.9. The molecule has 5 aromatic carbocycles. The van der Waals surface area contributed by atoms with Gasteiger partial charge in [0.15, 0.2) is 0 Å². The summed E-state index contributed by atoms with van der Waals surface area (Å²) in [4.78, 5) is 140. The van der Waals surface area contributed by atoms with E-state index in [4.69, 9.17) is 66.8 Å². The number of primary amides is 1. The monoisotopic (exact) mass is 1700 g/mol. The lowest BCUT2D eigenvalue weighted by atomic mass is 9.78. The number of hydrogen-bond donors (Lipinski definition) is 11. The number of carboxylic acid groups (broad SMARTS) is 2. The van der Waals surface area contributed by atoms with Crippen LogP contribution in [0.3, 0.4) is 0 Å². The molecular weight excluding hydrogens is 1600 g/mol. The van der Waals surface area contributed by atoms with E-state index in [-0.39, 0.29) is 136 Å². The Morgan fingerprint density at radius 3 is 1.68 bits per heavy atom. The fourth-order valence-electron chi connectivity index (χ4n) is 14.7. The number of aliphatic hydroxyl groups is 4. The van der Waals surface area contributed by atoms with Crippen molar-refractivity contribution >= 4 is 133 Å². The number of fused-ring (bicyclic) bond motifs is 6. The number of ether oxygens (including phenoxy) is 8. The molecule has 0 bridgehead atoms. The number of carbonyl (C=O) groups is 10. The molecule has 37 heteroatoms. The first-order valence-corrected chi connectivity index (χ1v) is 40.5. The average molecular weight is 1700 g/mol. The third-order valence-corrected chi connectivity index (χ3v) is 22.6. The van der Waals surface area contributed by atoms with Crippen LogP contribution >= 0.6 is 34.5 Å². The lowest BCUT2D eigenvalue weighted by Crippen LogP contribution is -2.60. The Labute approximate surface area is 694 Å². The van der Waals surface area contributed by atoms with E-state index in [0.717, 1.165) is 31.6 Å². The molecule has 12 N–H and O–H groups in total. The Bertz CT molecular complexity index is 4560. The summed E-state index contributed by atoms with van der Waals surface area (Å²) in [5.41, 5.74) is 6.69. The molecule has 11 amide bonds. The molecule has 1 saturated heterocycles. The molecule has 4 aliphatic heterocycles. The van der Waals surface area contributed by atoms with Crippen molar-refractivity contribution in [2.45, 2.75) is 99.7 Å². The van der Waals surface area contributed by atoms with Crippen LogP contribution in [-0.4, -0.2) is 292 Å². The van der Waals surface area contributed by atoms with Crippen molar-refractivity contribution in [1.29, 1.82) is 0 Å². The zero-order valence-corrected chi connectivity index (χ0v) is 68.0. The number of rotatable bonds is 44. The van der Waals surface area contributed by atoms with Crippen LogP contribution in [0.4, 0.5) is 31.4 Å². The quantitative estimate of drug-likeness (QED) is 0.0132. The number of anilines is 3. The predicted octanol–water partition coefficient (Wildman–Crippen LogP) is 5.28. The van der Waals surface area contributed by atoms with Crippen LogP contribution in [0.5, 0.6) is 5.75 Å². The van der Waals surface area contributed by atoms with Gasteiger partial charge in [0.2, 0.25) is 24.0 Å². The molecule has 1 aromatic heterocycles. The van der Waals surface area contributed by atoms with E-state index < -0.39 is 121 Å². The zero-order valence-electron chi connectivity index (χ0n) is 65.6. The number of nitrogens with two attached hydrogens (primary N) is 1. The summed E-state index contributed by atoms with van der Waals surface area (Å²) in [6.07, 6.45) is -8.45. The summed E-state index contributed by atoms with van der Waals surface area (Å²) in [5, 5.41) is 77.1. The molecular formula is C81H100Cl2N10O24S. The van der Waals surface area contributed by atoms with Gasteiger partial charge >= 0.3 is 18.2 Å².